The van der Waals surface area contributed by atoms with Crippen LogP contribution in [0, 0.1) is 0 Å². The molecule has 0 aliphatic rings. The molecule has 2 N–H and O–H groups in total. The van der Waals surface area contributed by atoms with E-state index in [2.05, 4.69) is 29.7 Å². The summed E-state index contributed by atoms with van der Waals surface area (Å²) in [7, 11) is 1.66. The van der Waals surface area contributed by atoms with Crippen LogP contribution in [0.1, 0.15) is 24.9 Å². The van der Waals surface area contributed by atoms with Gasteiger partial charge in [0.25, 0.3) is 0 Å². The van der Waals surface area contributed by atoms with Crippen LogP contribution in [0.5, 0.6) is 0 Å². The Labute approximate surface area is 90.9 Å². The molecule has 3 heteroatoms. The van der Waals surface area contributed by atoms with Gasteiger partial charge in [0, 0.05) is 26.1 Å². The van der Waals surface area contributed by atoms with Crippen LogP contribution in [0.2, 0.25) is 0 Å². The van der Waals surface area contributed by atoms with E-state index >= 15 is 0 Å². The molecule has 0 heterocycles. The Morgan fingerprint density at radius 2 is 2.00 bits per heavy atom. The summed E-state index contributed by atoms with van der Waals surface area (Å²) in [5, 5.41) is 5.90. The standard InChI is InChI=1S/C12H18N2O/c1-10(11-6-4-3-5-7-11)14-9-8-12(15)13-2/h3-7,10,14H,8-9H2,1-2H3,(H,13,15)/t10-/m1/s1. The third kappa shape index (κ3) is 4.13. The summed E-state index contributed by atoms with van der Waals surface area (Å²) in [4.78, 5) is 11.0. The van der Waals surface area contributed by atoms with Gasteiger partial charge in [-0.2, -0.15) is 0 Å². The minimum absolute atomic E-state index is 0.0720. The fourth-order valence-corrected chi connectivity index (χ4v) is 1.39. The molecule has 0 fully saturated rings. The van der Waals surface area contributed by atoms with Gasteiger partial charge in [-0.3, -0.25) is 4.79 Å². The van der Waals surface area contributed by atoms with E-state index in [0.717, 1.165) is 0 Å². The number of benzene rings is 1. The van der Waals surface area contributed by atoms with Gasteiger partial charge < -0.3 is 10.6 Å². The number of nitrogens with one attached hydrogen (secondary N) is 2. The fourth-order valence-electron chi connectivity index (χ4n) is 1.39. The summed E-state index contributed by atoms with van der Waals surface area (Å²) in [6.07, 6.45) is 0.522. The maximum Gasteiger partial charge on any atom is 0.221 e. The molecule has 0 saturated carbocycles. The zero-order valence-corrected chi connectivity index (χ0v) is 9.29. The first-order valence-electron chi connectivity index (χ1n) is 5.23. The number of carbonyl (C=O) groups is 1. The highest BCUT2D eigenvalue weighted by atomic mass is 16.1. The van der Waals surface area contributed by atoms with E-state index in [1.54, 1.807) is 7.05 Å². The number of rotatable bonds is 5. The highest BCUT2D eigenvalue weighted by Crippen LogP contribution is 2.10. The van der Waals surface area contributed by atoms with Crippen LogP contribution >= 0.6 is 0 Å². The van der Waals surface area contributed by atoms with Gasteiger partial charge in [-0.05, 0) is 12.5 Å². The van der Waals surface area contributed by atoms with Crippen LogP contribution in [-0.2, 0) is 4.79 Å². The summed E-state index contributed by atoms with van der Waals surface area (Å²) >= 11 is 0. The second-order valence-electron chi connectivity index (χ2n) is 3.51. The molecule has 1 atom stereocenters. The van der Waals surface area contributed by atoms with E-state index in [9.17, 15) is 4.79 Å². The Morgan fingerprint density at radius 3 is 2.60 bits per heavy atom. The quantitative estimate of drug-likeness (QED) is 0.766. The third-order valence-electron chi connectivity index (χ3n) is 2.38. The van der Waals surface area contributed by atoms with Gasteiger partial charge in [0.2, 0.25) is 5.91 Å². The molecule has 0 aromatic heterocycles. The topological polar surface area (TPSA) is 41.1 Å². The number of hydrogen-bond acceptors (Lipinski definition) is 2. The van der Waals surface area contributed by atoms with Crippen molar-refractivity contribution in [2.24, 2.45) is 0 Å². The van der Waals surface area contributed by atoms with Crippen molar-refractivity contribution < 1.29 is 4.79 Å². The van der Waals surface area contributed by atoms with Crippen LogP contribution in [0.15, 0.2) is 30.3 Å². The maximum absolute atomic E-state index is 11.0. The Bertz CT molecular complexity index is 298. The van der Waals surface area contributed by atoms with E-state index in [1.165, 1.54) is 5.56 Å². The van der Waals surface area contributed by atoms with Crippen LogP contribution in [-0.4, -0.2) is 19.5 Å². The van der Waals surface area contributed by atoms with Crippen LogP contribution in [0.25, 0.3) is 0 Å². The summed E-state index contributed by atoms with van der Waals surface area (Å²) in [5.74, 6) is 0.0720. The van der Waals surface area contributed by atoms with Crippen LogP contribution < -0.4 is 10.6 Å². The summed E-state index contributed by atoms with van der Waals surface area (Å²) in [6.45, 7) is 2.80. The summed E-state index contributed by atoms with van der Waals surface area (Å²) < 4.78 is 0. The monoisotopic (exact) mass is 206 g/mol. The molecule has 0 unspecified atom stereocenters. The first-order valence-corrected chi connectivity index (χ1v) is 5.23. The predicted octanol–water partition coefficient (Wildman–Crippen LogP) is 1.47. The normalized spacial score (nSPS) is 12.1. The molecular formula is C12H18N2O. The van der Waals surface area contributed by atoms with E-state index in [-0.39, 0.29) is 11.9 Å². The van der Waals surface area contributed by atoms with Crippen molar-refractivity contribution in [1.29, 1.82) is 0 Å². The molecule has 1 rings (SSSR count). The van der Waals surface area contributed by atoms with Crippen molar-refractivity contribution in [1.82, 2.24) is 10.6 Å². The zero-order chi connectivity index (χ0) is 11.1. The van der Waals surface area contributed by atoms with Gasteiger partial charge in [-0.1, -0.05) is 30.3 Å². The highest BCUT2D eigenvalue weighted by molar-refractivity contribution is 5.75. The first kappa shape index (κ1) is 11.7. The van der Waals surface area contributed by atoms with E-state index in [4.69, 9.17) is 0 Å². The average molecular weight is 206 g/mol. The fraction of sp³-hybridized carbons (Fsp3) is 0.417. The zero-order valence-electron chi connectivity index (χ0n) is 9.29. The van der Waals surface area contributed by atoms with Gasteiger partial charge in [-0.15, -0.1) is 0 Å². The molecule has 0 saturated heterocycles. The van der Waals surface area contributed by atoms with Gasteiger partial charge in [0.05, 0.1) is 0 Å². The van der Waals surface area contributed by atoms with Crippen molar-refractivity contribution in [3.63, 3.8) is 0 Å². The Balaban J connectivity index is 2.31. The van der Waals surface area contributed by atoms with Gasteiger partial charge in [-0.25, -0.2) is 0 Å². The average Bonchev–Trinajstić information content (AvgIpc) is 2.29. The summed E-state index contributed by atoms with van der Waals surface area (Å²) in [5.41, 5.74) is 1.24. The molecule has 1 aromatic carbocycles. The third-order valence-corrected chi connectivity index (χ3v) is 2.38. The maximum atomic E-state index is 11.0. The second-order valence-corrected chi connectivity index (χ2v) is 3.51. The van der Waals surface area contributed by atoms with Crippen molar-refractivity contribution in [3.05, 3.63) is 35.9 Å². The molecule has 15 heavy (non-hydrogen) atoms. The molecule has 0 spiro atoms. The molecule has 1 aromatic rings. The van der Waals surface area contributed by atoms with Gasteiger partial charge >= 0.3 is 0 Å². The van der Waals surface area contributed by atoms with Crippen molar-refractivity contribution >= 4 is 5.91 Å². The van der Waals surface area contributed by atoms with Gasteiger partial charge in [0.15, 0.2) is 0 Å². The molecule has 0 bridgehead atoms. The first-order chi connectivity index (χ1) is 7.24. The van der Waals surface area contributed by atoms with Crippen molar-refractivity contribution in [2.45, 2.75) is 19.4 Å². The lowest BCUT2D eigenvalue weighted by Gasteiger charge is -2.13. The lowest BCUT2D eigenvalue weighted by molar-refractivity contribution is -0.120. The Morgan fingerprint density at radius 1 is 1.33 bits per heavy atom. The molecule has 1 amide bonds. The molecule has 0 aliphatic carbocycles. The lowest BCUT2D eigenvalue weighted by Crippen LogP contribution is -2.26. The molecular weight excluding hydrogens is 188 g/mol. The van der Waals surface area contributed by atoms with Crippen molar-refractivity contribution in [2.75, 3.05) is 13.6 Å². The molecule has 0 radical (unpaired) electrons. The smallest absolute Gasteiger partial charge is 0.221 e. The largest absolute Gasteiger partial charge is 0.359 e. The van der Waals surface area contributed by atoms with Crippen molar-refractivity contribution in [3.8, 4) is 0 Å². The number of carbonyl (C=O) groups excluding carboxylic acids is 1. The number of amides is 1. The van der Waals surface area contributed by atoms with Crippen LogP contribution in [0.3, 0.4) is 0 Å². The summed E-state index contributed by atoms with van der Waals surface area (Å²) in [6, 6.07) is 10.5. The predicted molar refractivity (Wildman–Crippen MR) is 61.5 cm³/mol. The lowest BCUT2D eigenvalue weighted by atomic mass is 10.1. The van der Waals surface area contributed by atoms with E-state index in [1.807, 2.05) is 18.2 Å². The second kappa shape index (κ2) is 6.19. The minimum Gasteiger partial charge on any atom is -0.359 e. The SMILES string of the molecule is CNC(=O)CCN[C@H](C)c1ccccc1. The van der Waals surface area contributed by atoms with Crippen LogP contribution in [0.4, 0.5) is 0 Å². The molecule has 3 nitrogen and oxygen atoms in total. The molecule has 82 valence electrons. The highest BCUT2D eigenvalue weighted by Gasteiger charge is 2.04. The van der Waals surface area contributed by atoms with E-state index < -0.39 is 0 Å². The minimum atomic E-state index is 0.0720. The van der Waals surface area contributed by atoms with Gasteiger partial charge in [0.1, 0.15) is 0 Å². The van der Waals surface area contributed by atoms with E-state index in [0.29, 0.717) is 13.0 Å². The molecule has 0 aliphatic heterocycles. The number of hydrogen-bond donors (Lipinski definition) is 2. The Kier molecular flexibility index (Phi) is 4.84. The Hall–Kier alpha value is -1.35.